The van der Waals surface area contributed by atoms with E-state index in [2.05, 4.69) is 10.6 Å². The number of amides is 2. The van der Waals surface area contributed by atoms with Gasteiger partial charge in [-0.15, -0.1) is 0 Å². The van der Waals surface area contributed by atoms with E-state index in [-0.39, 0.29) is 62.9 Å². The number of ether oxygens (including phenoxy) is 5. The van der Waals surface area contributed by atoms with Crippen molar-refractivity contribution >= 4 is 46.5 Å². The molecule has 8 rings (SSSR count). The monoisotopic (exact) mass is 1150 g/mol. The number of nitrogens with zero attached hydrogens (tertiary/aromatic N) is 2. The first-order valence-corrected chi connectivity index (χ1v) is 25.9. The van der Waals surface area contributed by atoms with E-state index in [1.54, 1.807) is 57.2 Å². The topological polar surface area (TPSA) is 165 Å². The van der Waals surface area contributed by atoms with Gasteiger partial charge in [0.2, 0.25) is 0 Å². The molecule has 0 bridgehead atoms. The van der Waals surface area contributed by atoms with Gasteiger partial charge in [-0.25, -0.2) is 8.78 Å². The van der Waals surface area contributed by atoms with Crippen LogP contribution < -0.4 is 39.4 Å². The van der Waals surface area contributed by atoms with E-state index in [1.807, 2.05) is 0 Å². The number of carboxylic acids is 1. The molecule has 6 aromatic carbocycles. The number of rotatable bonds is 20. The van der Waals surface area contributed by atoms with E-state index < -0.39 is 70.6 Å². The number of hydrogen-bond donors (Lipinski definition) is 3. The molecule has 14 nitrogen and oxygen atoms in total. The lowest BCUT2D eigenvalue weighted by atomic mass is 10.0. The van der Waals surface area contributed by atoms with Gasteiger partial charge in [0, 0.05) is 85.1 Å². The molecule has 0 spiro atoms. The van der Waals surface area contributed by atoms with Crippen molar-refractivity contribution in [2.75, 3.05) is 61.0 Å². The number of nitrogens with one attached hydrogen (secondary N) is 2. The van der Waals surface area contributed by atoms with E-state index in [0.717, 1.165) is 24.3 Å². The predicted octanol–water partition coefficient (Wildman–Crippen LogP) is 12.9. The second-order valence-corrected chi connectivity index (χ2v) is 20.1. The Kier molecular flexibility index (Phi) is 19.6. The highest BCUT2D eigenvalue weighted by molar-refractivity contribution is 6.02. The van der Waals surface area contributed by atoms with Crippen LogP contribution in [0.2, 0.25) is 0 Å². The Morgan fingerprint density at radius 3 is 1.30 bits per heavy atom. The lowest BCUT2D eigenvalue weighted by molar-refractivity contribution is -0.155. The Bertz CT molecular complexity index is 3220. The van der Waals surface area contributed by atoms with Crippen LogP contribution >= 0.6 is 0 Å². The van der Waals surface area contributed by atoms with Crippen LogP contribution in [0.5, 0.6) is 23.0 Å². The maximum absolute atomic E-state index is 14.0. The summed E-state index contributed by atoms with van der Waals surface area (Å²) in [5.41, 5.74) is 0.954. The van der Waals surface area contributed by atoms with Crippen LogP contribution in [-0.2, 0) is 49.1 Å². The number of fused-ring (bicyclic) bond motifs is 2. The molecule has 6 aromatic rings. The lowest BCUT2D eigenvalue weighted by Crippen LogP contribution is -2.37. The fraction of sp³-hybridized carbons (Fsp3) is 0.333. The molecule has 82 heavy (non-hydrogen) atoms. The summed E-state index contributed by atoms with van der Waals surface area (Å²) < 4.78 is 136. The van der Waals surface area contributed by atoms with E-state index in [4.69, 9.17) is 28.8 Å². The second-order valence-electron chi connectivity index (χ2n) is 20.1. The van der Waals surface area contributed by atoms with Crippen molar-refractivity contribution < 1.29 is 83.1 Å². The van der Waals surface area contributed by atoms with Crippen LogP contribution in [-0.4, -0.2) is 75.0 Å². The van der Waals surface area contributed by atoms with Gasteiger partial charge in [0.25, 0.3) is 11.8 Å². The van der Waals surface area contributed by atoms with Gasteiger partial charge < -0.3 is 49.2 Å². The zero-order valence-corrected chi connectivity index (χ0v) is 45.3. The largest absolute Gasteiger partial charge is 0.497 e. The lowest BCUT2D eigenvalue weighted by Gasteiger charge is -2.27. The molecule has 0 saturated carbocycles. The first-order valence-electron chi connectivity index (χ1n) is 25.9. The fourth-order valence-corrected chi connectivity index (χ4v) is 9.02. The molecule has 2 amide bonds. The van der Waals surface area contributed by atoms with Gasteiger partial charge in [-0.05, 0) is 117 Å². The molecule has 436 valence electrons. The van der Waals surface area contributed by atoms with E-state index in [9.17, 15) is 54.3 Å². The smallest absolute Gasteiger partial charge is 0.416 e. The second kappa shape index (κ2) is 26.4. The third kappa shape index (κ3) is 16.5. The standard InChI is InChI=1S/C32H34F4N2O5.C28H26F4N2O5/c1-31(2,3)43-28(39)6-5-15-42-26-18-24(17-25(19-26)41-4)37-29(21-8-11-23(33)12-9-21)30(40)38-14-13-20-7-10-22(16-27(20)38)32(34,35)36;1-38-22-14-21(15-23(16-22)39-12-2-3-25(35)36)33-26(18-5-8-20(29)9-6-18)27(37)34-11-10-17-4-7-19(13-24(17)34)28(30,31)32/h7-12,16-19,29,37H,5-6,13-15H2,1-4H3;4-9,13-16,26,33H,2-3,10-12H2,1H3,(H,35,36). The van der Waals surface area contributed by atoms with Crippen molar-refractivity contribution in [3.63, 3.8) is 0 Å². The average Bonchev–Trinajstić information content (AvgIpc) is 4.29. The van der Waals surface area contributed by atoms with Crippen LogP contribution in [0.3, 0.4) is 0 Å². The molecule has 0 saturated heterocycles. The molecule has 22 heteroatoms. The van der Waals surface area contributed by atoms with Crippen molar-refractivity contribution in [1.29, 1.82) is 0 Å². The summed E-state index contributed by atoms with van der Waals surface area (Å²) in [5, 5.41) is 15.1. The molecule has 0 aromatic heterocycles. The number of carboxylic acid groups (broad SMARTS) is 1. The number of benzene rings is 6. The van der Waals surface area contributed by atoms with Crippen molar-refractivity contribution in [1.82, 2.24) is 0 Å². The average molecular weight is 1150 g/mol. The summed E-state index contributed by atoms with van der Waals surface area (Å²) in [4.78, 5) is 53.2. The number of carbonyl (C=O) groups excluding carboxylic acids is 3. The molecule has 2 unspecified atom stereocenters. The summed E-state index contributed by atoms with van der Waals surface area (Å²) in [5.74, 6) is -1.76. The first-order chi connectivity index (χ1) is 38.8. The van der Waals surface area contributed by atoms with Gasteiger partial charge in [-0.2, -0.15) is 26.3 Å². The number of anilines is 4. The summed E-state index contributed by atoms with van der Waals surface area (Å²) in [6.07, 6.45) is -7.56. The normalized spacial score (nSPS) is 13.6. The Morgan fingerprint density at radius 2 is 0.939 bits per heavy atom. The molecule has 0 aliphatic carbocycles. The summed E-state index contributed by atoms with van der Waals surface area (Å²) in [6, 6.07) is 24.8. The number of aliphatic carboxylic acids is 1. The van der Waals surface area contributed by atoms with Gasteiger partial charge >= 0.3 is 24.3 Å². The maximum Gasteiger partial charge on any atom is 0.416 e. The molecule has 2 atom stereocenters. The van der Waals surface area contributed by atoms with Gasteiger partial charge in [-0.1, -0.05) is 36.4 Å². The number of hydrogen-bond acceptors (Lipinski definition) is 11. The summed E-state index contributed by atoms with van der Waals surface area (Å²) >= 11 is 0. The SMILES string of the molecule is COc1cc(NC(C(=O)N2CCc3ccc(C(F)(F)F)cc32)c2ccc(F)cc2)cc(OCCCC(=O)O)c1.COc1cc(NC(C(=O)N2CCc3ccc(C(F)(F)F)cc32)c2ccc(F)cc2)cc(OCCCC(=O)OC(C)(C)C)c1. The van der Waals surface area contributed by atoms with Gasteiger partial charge in [0.1, 0.15) is 52.3 Å². The van der Waals surface area contributed by atoms with Crippen LogP contribution in [0, 0.1) is 11.6 Å². The van der Waals surface area contributed by atoms with Crippen molar-refractivity contribution in [3.8, 4) is 23.0 Å². The molecule has 2 aliphatic rings. The van der Waals surface area contributed by atoms with Crippen molar-refractivity contribution in [3.05, 3.63) is 166 Å². The molecular weight excluding hydrogens is 1090 g/mol. The Hall–Kier alpha value is -8.56. The highest BCUT2D eigenvalue weighted by atomic mass is 19.4. The highest BCUT2D eigenvalue weighted by Gasteiger charge is 2.38. The minimum absolute atomic E-state index is 0.0659. The zero-order valence-electron chi connectivity index (χ0n) is 45.3. The summed E-state index contributed by atoms with van der Waals surface area (Å²) in [6.45, 7) is 6.09. The quantitative estimate of drug-likeness (QED) is 0.0377. The third-order valence-corrected chi connectivity index (χ3v) is 12.9. The van der Waals surface area contributed by atoms with Crippen LogP contribution in [0.1, 0.15) is 91.9 Å². The Labute approximate surface area is 467 Å². The number of carbonyl (C=O) groups is 4. The third-order valence-electron chi connectivity index (χ3n) is 12.9. The van der Waals surface area contributed by atoms with E-state index in [0.29, 0.717) is 75.9 Å². The van der Waals surface area contributed by atoms with E-state index in [1.165, 1.54) is 84.7 Å². The minimum atomic E-state index is -4.57. The molecule has 3 N–H and O–H groups in total. The van der Waals surface area contributed by atoms with Crippen LogP contribution in [0.15, 0.2) is 121 Å². The zero-order chi connectivity index (χ0) is 59.5. The first kappa shape index (κ1) is 61.1. The Morgan fingerprint density at radius 1 is 0.549 bits per heavy atom. The number of esters is 1. The molecule has 0 radical (unpaired) electrons. The predicted molar refractivity (Wildman–Crippen MR) is 289 cm³/mol. The molecule has 2 aliphatic heterocycles. The van der Waals surface area contributed by atoms with Crippen LogP contribution in [0.25, 0.3) is 0 Å². The van der Waals surface area contributed by atoms with Gasteiger partial charge in [0.05, 0.1) is 38.6 Å². The van der Waals surface area contributed by atoms with Gasteiger partial charge in [-0.3, -0.25) is 19.2 Å². The maximum atomic E-state index is 14.0. The number of halogens is 8. The summed E-state index contributed by atoms with van der Waals surface area (Å²) in [7, 11) is 2.91. The van der Waals surface area contributed by atoms with Gasteiger partial charge in [0.15, 0.2) is 0 Å². The molecule has 2 heterocycles. The van der Waals surface area contributed by atoms with Crippen LogP contribution in [0.4, 0.5) is 57.9 Å². The van der Waals surface area contributed by atoms with Crippen molar-refractivity contribution in [2.45, 2.75) is 89.3 Å². The number of methoxy groups -OCH3 is 2. The Balaban J connectivity index is 0.000000237. The van der Waals surface area contributed by atoms with E-state index >= 15 is 0 Å². The molecular formula is C60H60F8N4O10. The fourth-order valence-electron chi connectivity index (χ4n) is 9.02. The number of alkyl halides is 6. The minimum Gasteiger partial charge on any atom is -0.497 e. The molecule has 0 fully saturated rings. The highest BCUT2D eigenvalue weighted by Crippen LogP contribution is 2.41. The van der Waals surface area contributed by atoms with Crippen molar-refractivity contribution in [2.24, 2.45) is 0 Å².